The molecule has 11 heteroatoms. The van der Waals surface area contributed by atoms with Crippen LogP contribution in [-0.4, -0.2) is 48.3 Å². The van der Waals surface area contributed by atoms with E-state index in [1.807, 2.05) is 0 Å². The summed E-state index contributed by atoms with van der Waals surface area (Å²) in [5.74, 6) is -0.376. The van der Waals surface area contributed by atoms with Crippen molar-refractivity contribution < 1.29 is 36.7 Å². The summed E-state index contributed by atoms with van der Waals surface area (Å²) in [6.07, 6.45) is -6.11. The molecule has 2 aromatic carbocycles. The molecule has 0 aromatic heterocycles. The lowest BCUT2D eigenvalue weighted by Gasteiger charge is -2.37. The third kappa shape index (κ3) is 7.90. The van der Waals surface area contributed by atoms with Gasteiger partial charge in [-0.05, 0) is 45.4 Å². The number of anilines is 1. The summed E-state index contributed by atoms with van der Waals surface area (Å²) >= 11 is 6.33. The topological polar surface area (TPSA) is 60.0 Å². The molecule has 1 N–H and O–H groups in total. The van der Waals surface area contributed by atoms with Crippen molar-refractivity contribution in [2.24, 2.45) is 0 Å². The summed E-state index contributed by atoms with van der Waals surface area (Å²) in [5.41, 5.74) is 2.93. The fourth-order valence-corrected chi connectivity index (χ4v) is 3.92. The zero-order valence-corrected chi connectivity index (χ0v) is 20.3. The molecule has 0 radical (unpaired) electrons. The molecular weight excluding hydrogens is 492 g/mol. The molecule has 192 valence electrons. The first-order valence-electron chi connectivity index (χ1n) is 11.0. The average Bonchev–Trinajstić information content (AvgIpc) is 2.72. The lowest BCUT2D eigenvalue weighted by Crippen LogP contribution is -2.50. The minimum Gasteiger partial charge on any atom is -0.444 e. The Labute approximate surface area is 206 Å². The standard InChI is InChI=1S/C24H27ClF4N2O4/c1-23(2,3)35-22(32)31-11-10-15(26)12-17(31)14-33-30-16-8-9-18(20(25)13-16)19-6-4-5-7-21(19)34-24(27,28)29/h4-9,13,15,17,30H,10-12,14H2,1-3H3/t15-,17-/m1/s1. The van der Waals surface area contributed by atoms with Gasteiger partial charge in [0.15, 0.2) is 0 Å². The molecule has 35 heavy (non-hydrogen) atoms. The van der Waals surface area contributed by atoms with Crippen LogP contribution in [0.4, 0.5) is 28.0 Å². The van der Waals surface area contributed by atoms with Crippen molar-refractivity contribution in [1.82, 2.24) is 4.90 Å². The Balaban J connectivity index is 1.66. The van der Waals surface area contributed by atoms with E-state index in [9.17, 15) is 22.4 Å². The first kappa shape index (κ1) is 26.9. The predicted molar refractivity (Wildman–Crippen MR) is 124 cm³/mol. The molecule has 1 heterocycles. The van der Waals surface area contributed by atoms with Gasteiger partial charge in [-0.3, -0.25) is 10.3 Å². The van der Waals surface area contributed by atoms with Gasteiger partial charge >= 0.3 is 12.5 Å². The molecule has 0 saturated carbocycles. The quantitative estimate of drug-likeness (QED) is 0.330. The van der Waals surface area contributed by atoms with Gasteiger partial charge in [0, 0.05) is 24.1 Å². The molecule has 6 nitrogen and oxygen atoms in total. The van der Waals surface area contributed by atoms with E-state index in [0.29, 0.717) is 11.3 Å². The largest absolute Gasteiger partial charge is 0.573 e. The van der Waals surface area contributed by atoms with Crippen LogP contribution in [-0.2, 0) is 9.57 Å². The van der Waals surface area contributed by atoms with Crippen LogP contribution >= 0.6 is 11.6 Å². The van der Waals surface area contributed by atoms with Gasteiger partial charge in [0.2, 0.25) is 0 Å². The summed E-state index contributed by atoms with van der Waals surface area (Å²) in [6.45, 7) is 5.45. The molecule has 0 spiro atoms. The highest BCUT2D eigenvalue weighted by atomic mass is 35.5. The van der Waals surface area contributed by atoms with Gasteiger partial charge in [-0.15, -0.1) is 13.2 Å². The Morgan fingerprint density at radius 3 is 2.51 bits per heavy atom. The number of alkyl halides is 4. The predicted octanol–water partition coefficient (Wildman–Crippen LogP) is 6.99. The van der Waals surface area contributed by atoms with Crippen LogP contribution in [0.2, 0.25) is 5.02 Å². The highest BCUT2D eigenvalue weighted by Gasteiger charge is 2.35. The smallest absolute Gasteiger partial charge is 0.444 e. The summed E-state index contributed by atoms with van der Waals surface area (Å²) in [5, 5.41) is 0.161. The zero-order chi connectivity index (χ0) is 25.8. The van der Waals surface area contributed by atoms with Crippen LogP contribution in [0.25, 0.3) is 11.1 Å². The maximum absolute atomic E-state index is 14.0. The summed E-state index contributed by atoms with van der Waals surface area (Å²) in [4.78, 5) is 19.5. The molecule has 1 aliphatic rings. The third-order valence-corrected chi connectivity index (χ3v) is 5.43. The Hall–Kier alpha value is -2.72. The molecule has 0 bridgehead atoms. The number of hydrogen-bond donors (Lipinski definition) is 1. The molecule has 1 amide bonds. The van der Waals surface area contributed by atoms with Crippen molar-refractivity contribution in [3.63, 3.8) is 0 Å². The Morgan fingerprint density at radius 1 is 1.14 bits per heavy atom. The third-order valence-electron chi connectivity index (χ3n) is 5.12. The van der Waals surface area contributed by atoms with Crippen LogP contribution in [0, 0.1) is 0 Å². The number of piperidine rings is 1. The minimum absolute atomic E-state index is 0.0126. The Kier molecular flexibility index (Phi) is 8.38. The first-order valence-corrected chi connectivity index (χ1v) is 11.4. The van der Waals surface area contributed by atoms with Crippen LogP contribution in [0.15, 0.2) is 42.5 Å². The van der Waals surface area contributed by atoms with Crippen molar-refractivity contribution in [2.75, 3.05) is 18.6 Å². The molecule has 1 fully saturated rings. The number of halogens is 5. The van der Waals surface area contributed by atoms with E-state index in [2.05, 4.69) is 10.2 Å². The van der Waals surface area contributed by atoms with Crippen molar-refractivity contribution in [3.8, 4) is 16.9 Å². The molecule has 2 aromatic rings. The van der Waals surface area contributed by atoms with Crippen molar-refractivity contribution in [2.45, 2.75) is 57.8 Å². The highest BCUT2D eigenvalue weighted by molar-refractivity contribution is 6.33. The van der Waals surface area contributed by atoms with Gasteiger partial charge in [0.05, 0.1) is 23.4 Å². The molecule has 1 aliphatic heterocycles. The van der Waals surface area contributed by atoms with Gasteiger partial charge < -0.3 is 14.4 Å². The van der Waals surface area contributed by atoms with Gasteiger partial charge in [0.1, 0.15) is 17.5 Å². The van der Waals surface area contributed by atoms with E-state index in [1.165, 1.54) is 35.2 Å². The zero-order valence-electron chi connectivity index (χ0n) is 19.5. The fourth-order valence-electron chi connectivity index (χ4n) is 3.64. The fraction of sp³-hybridized carbons (Fsp3) is 0.458. The van der Waals surface area contributed by atoms with Gasteiger partial charge in [0.25, 0.3) is 0 Å². The highest BCUT2D eigenvalue weighted by Crippen LogP contribution is 2.38. The number of ether oxygens (including phenoxy) is 2. The maximum Gasteiger partial charge on any atom is 0.573 e. The van der Waals surface area contributed by atoms with E-state index in [4.69, 9.17) is 21.2 Å². The molecule has 0 aliphatic carbocycles. The second kappa shape index (κ2) is 10.9. The van der Waals surface area contributed by atoms with Crippen molar-refractivity contribution in [1.29, 1.82) is 0 Å². The maximum atomic E-state index is 14.0. The summed E-state index contributed by atoms with van der Waals surface area (Å²) in [6, 6.07) is 9.70. The van der Waals surface area contributed by atoms with Crippen LogP contribution in [0.3, 0.4) is 0 Å². The van der Waals surface area contributed by atoms with E-state index >= 15 is 0 Å². The number of benzene rings is 2. The van der Waals surface area contributed by atoms with Crippen molar-refractivity contribution >= 4 is 23.4 Å². The lowest BCUT2D eigenvalue weighted by molar-refractivity contribution is -0.274. The van der Waals surface area contributed by atoms with Gasteiger partial charge in [-0.1, -0.05) is 35.9 Å². The van der Waals surface area contributed by atoms with Gasteiger partial charge in [-0.2, -0.15) is 0 Å². The number of nitrogens with one attached hydrogen (secondary N) is 1. The Bertz CT molecular complexity index is 1030. The molecule has 3 rings (SSSR count). The van der Waals surface area contributed by atoms with Crippen LogP contribution < -0.4 is 10.2 Å². The normalized spacial score (nSPS) is 18.8. The molecular formula is C24H27ClF4N2O4. The number of amides is 1. The summed E-state index contributed by atoms with van der Waals surface area (Å²) in [7, 11) is 0. The van der Waals surface area contributed by atoms with Crippen LogP contribution in [0.5, 0.6) is 5.75 Å². The number of para-hydroxylation sites is 1. The number of nitrogens with zero attached hydrogens (tertiary/aromatic N) is 1. The SMILES string of the molecule is CC(C)(C)OC(=O)N1CC[C@@H](F)C[C@@H]1CONc1ccc(-c2ccccc2OC(F)(F)F)c(Cl)c1. The lowest BCUT2D eigenvalue weighted by atomic mass is 10.0. The average molecular weight is 519 g/mol. The molecule has 0 unspecified atom stereocenters. The summed E-state index contributed by atoms with van der Waals surface area (Å²) < 4.78 is 61.7. The van der Waals surface area contributed by atoms with E-state index in [1.54, 1.807) is 32.9 Å². The second-order valence-electron chi connectivity index (χ2n) is 9.10. The number of carbonyl (C=O) groups excluding carboxylic acids is 1. The second-order valence-corrected chi connectivity index (χ2v) is 9.51. The number of carbonyl (C=O) groups is 1. The van der Waals surface area contributed by atoms with Crippen LogP contribution in [0.1, 0.15) is 33.6 Å². The van der Waals surface area contributed by atoms with E-state index in [-0.39, 0.29) is 42.3 Å². The molecule has 2 atom stereocenters. The number of likely N-dealkylation sites (tertiary alicyclic amines) is 1. The number of hydrogen-bond acceptors (Lipinski definition) is 5. The van der Waals surface area contributed by atoms with E-state index < -0.39 is 30.3 Å². The monoisotopic (exact) mass is 518 g/mol. The van der Waals surface area contributed by atoms with Gasteiger partial charge in [-0.25, -0.2) is 9.18 Å². The van der Waals surface area contributed by atoms with Crippen molar-refractivity contribution in [3.05, 3.63) is 47.5 Å². The number of rotatable bonds is 6. The minimum atomic E-state index is -4.84. The Morgan fingerprint density at radius 2 is 1.86 bits per heavy atom. The molecule has 1 saturated heterocycles. The first-order chi connectivity index (χ1) is 16.3. The van der Waals surface area contributed by atoms with E-state index in [0.717, 1.165) is 0 Å².